The number of nitrogens with two attached hydrogens (primary N) is 1. The number of nitrogens with zero attached hydrogens (tertiary/aromatic N) is 1. The SMILES string of the molecule is COC(=O)[C@H]1N2C(=O)[C@@H](N)CCS[C@H]2CC1(C)C. The molecule has 2 rings (SSSR count). The molecule has 0 bridgehead atoms. The Labute approximate surface area is 111 Å². The van der Waals surface area contributed by atoms with Gasteiger partial charge in [0.05, 0.1) is 18.5 Å². The fourth-order valence-electron chi connectivity index (χ4n) is 2.80. The first-order valence-electron chi connectivity index (χ1n) is 6.15. The third-order valence-electron chi connectivity index (χ3n) is 3.76. The van der Waals surface area contributed by atoms with Crippen molar-refractivity contribution in [1.29, 1.82) is 0 Å². The Morgan fingerprint density at radius 3 is 2.83 bits per heavy atom. The smallest absolute Gasteiger partial charge is 0.329 e. The Balaban J connectivity index is 2.36. The van der Waals surface area contributed by atoms with Crippen LogP contribution >= 0.6 is 11.8 Å². The van der Waals surface area contributed by atoms with E-state index in [-0.39, 0.29) is 22.7 Å². The van der Waals surface area contributed by atoms with E-state index in [9.17, 15) is 9.59 Å². The summed E-state index contributed by atoms with van der Waals surface area (Å²) in [5.74, 6) is 0.398. The van der Waals surface area contributed by atoms with Crippen molar-refractivity contribution in [3.8, 4) is 0 Å². The molecular formula is C12H20N2O3S. The average molecular weight is 272 g/mol. The highest BCUT2D eigenvalue weighted by Crippen LogP contribution is 2.46. The van der Waals surface area contributed by atoms with Crippen molar-refractivity contribution in [2.75, 3.05) is 12.9 Å². The molecule has 0 aromatic rings. The van der Waals surface area contributed by atoms with Crippen molar-refractivity contribution < 1.29 is 14.3 Å². The minimum Gasteiger partial charge on any atom is -0.467 e. The third kappa shape index (κ3) is 2.12. The predicted octanol–water partition coefficient (Wildman–Crippen LogP) is 0.577. The van der Waals surface area contributed by atoms with Crippen LogP contribution in [0.1, 0.15) is 26.7 Å². The lowest BCUT2D eigenvalue weighted by atomic mass is 9.84. The molecule has 6 heteroatoms. The zero-order valence-electron chi connectivity index (χ0n) is 11.0. The van der Waals surface area contributed by atoms with E-state index in [2.05, 4.69) is 0 Å². The first kappa shape index (κ1) is 13.7. The van der Waals surface area contributed by atoms with Crippen LogP contribution in [0.25, 0.3) is 0 Å². The van der Waals surface area contributed by atoms with Gasteiger partial charge in [0, 0.05) is 0 Å². The summed E-state index contributed by atoms with van der Waals surface area (Å²) in [6.07, 6.45) is 1.47. The molecule has 2 aliphatic rings. The second-order valence-corrected chi connectivity index (χ2v) is 6.87. The van der Waals surface area contributed by atoms with Gasteiger partial charge in [-0.3, -0.25) is 4.79 Å². The number of carbonyl (C=O) groups is 2. The largest absolute Gasteiger partial charge is 0.467 e. The van der Waals surface area contributed by atoms with E-state index in [1.54, 1.807) is 16.7 Å². The maximum Gasteiger partial charge on any atom is 0.329 e. The third-order valence-corrected chi connectivity index (χ3v) is 5.01. The van der Waals surface area contributed by atoms with Crippen LogP contribution in [-0.4, -0.2) is 47.1 Å². The normalized spacial score (nSPS) is 35.0. The molecule has 0 radical (unpaired) electrons. The van der Waals surface area contributed by atoms with Gasteiger partial charge in [0.1, 0.15) is 6.04 Å². The number of thioether (sulfide) groups is 1. The number of methoxy groups -OCH3 is 1. The van der Waals surface area contributed by atoms with Crippen LogP contribution in [-0.2, 0) is 14.3 Å². The summed E-state index contributed by atoms with van der Waals surface area (Å²) in [6.45, 7) is 4.01. The van der Waals surface area contributed by atoms with Gasteiger partial charge in [0.25, 0.3) is 0 Å². The van der Waals surface area contributed by atoms with Gasteiger partial charge >= 0.3 is 5.97 Å². The van der Waals surface area contributed by atoms with Gasteiger partial charge in [0.15, 0.2) is 0 Å². The maximum atomic E-state index is 12.3. The van der Waals surface area contributed by atoms with Crippen LogP contribution in [0.15, 0.2) is 0 Å². The van der Waals surface area contributed by atoms with Crippen molar-refractivity contribution in [3.05, 3.63) is 0 Å². The number of hydrogen-bond donors (Lipinski definition) is 1. The molecule has 0 aromatic carbocycles. The fourth-order valence-corrected chi connectivity index (χ4v) is 4.40. The molecule has 0 saturated carbocycles. The number of esters is 1. The van der Waals surface area contributed by atoms with Crippen molar-refractivity contribution in [2.45, 2.75) is 44.1 Å². The van der Waals surface area contributed by atoms with Crippen LogP contribution in [0.5, 0.6) is 0 Å². The molecule has 2 saturated heterocycles. The zero-order valence-corrected chi connectivity index (χ0v) is 11.8. The summed E-state index contributed by atoms with van der Waals surface area (Å²) in [5.41, 5.74) is 5.60. The lowest BCUT2D eigenvalue weighted by Gasteiger charge is -2.31. The Bertz CT molecular complexity index is 372. The van der Waals surface area contributed by atoms with Gasteiger partial charge in [-0.15, -0.1) is 11.8 Å². The summed E-state index contributed by atoms with van der Waals surface area (Å²) in [6, 6.07) is -1.01. The number of amides is 1. The van der Waals surface area contributed by atoms with Gasteiger partial charge in [-0.25, -0.2) is 4.79 Å². The minimum absolute atomic E-state index is 0.0464. The molecule has 2 N–H and O–H groups in total. The molecule has 0 unspecified atom stereocenters. The molecule has 2 heterocycles. The summed E-state index contributed by atoms with van der Waals surface area (Å²) >= 11 is 1.71. The van der Waals surface area contributed by atoms with Gasteiger partial charge in [-0.2, -0.15) is 0 Å². The Morgan fingerprint density at radius 1 is 1.56 bits per heavy atom. The Morgan fingerprint density at radius 2 is 2.22 bits per heavy atom. The second kappa shape index (κ2) is 4.74. The lowest BCUT2D eigenvalue weighted by Crippen LogP contribution is -2.52. The van der Waals surface area contributed by atoms with Gasteiger partial charge in [0.2, 0.25) is 5.91 Å². The summed E-state index contributed by atoms with van der Waals surface area (Å²) in [7, 11) is 1.36. The van der Waals surface area contributed by atoms with E-state index in [0.717, 1.165) is 12.2 Å². The molecule has 5 nitrogen and oxygen atoms in total. The molecular weight excluding hydrogens is 252 g/mol. The molecule has 2 fully saturated rings. The van der Waals surface area contributed by atoms with E-state index < -0.39 is 12.1 Å². The van der Waals surface area contributed by atoms with Crippen LogP contribution in [0, 0.1) is 5.41 Å². The van der Waals surface area contributed by atoms with Crippen LogP contribution in [0.2, 0.25) is 0 Å². The summed E-state index contributed by atoms with van der Waals surface area (Å²) in [5, 5.41) is 0.0464. The molecule has 3 atom stereocenters. The second-order valence-electron chi connectivity index (χ2n) is 5.58. The Hall–Kier alpha value is -0.750. The minimum atomic E-state index is -0.517. The van der Waals surface area contributed by atoms with E-state index in [4.69, 9.17) is 10.5 Å². The van der Waals surface area contributed by atoms with Gasteiger partial charge < -0.3 is 15.4 Å². The number of rotatable bonds is 1. The highest BCUT2D eigenvalue weighted by atomic mass is 32.2. The van der Waals surface area contributed by atoms with Crippen molar-refractivity contribution >= 4 is 23.6 Å². The van der Waals surface area contributed by atoms with Gasteiger partial charge in [-0.1, -0.05) is 13.8 Å². The molecule has 102 valence electrons. The standard InChI is InChI=1S/C12H20N2O3S/c1-12(2)6-8-14(9(12)11(16)17-3)10(15)7(13)4-5-18-8/h7-9H,4-6,13H2,1-3H3/t7-,8-,9+/m0/s1. The molecule has 1 amide bonds. The number of ether oxygens (including phenoxy) is 1. The topological polar surface area (TPSA) is 72.6 Å². The molecule has 0 aliphatic carbocycles. The fraction of sp³-hybridized carbons (Fsp3) is 0.833. The number of fused-ring (bicyclic) bond motifs is 1. The number of hydrogen-bond acceptors (Lipinski definition) is 5. The van der Waals surface area contributed by atoms with E-state index >= 15 is 0 Å². The molecule has 0 spiro atoms. The van der Waals surface area contributed by atoms with Crippen LogP contribution in [0.4, 0.5) is 0 Å². The van der Waals surface area contributed by atoms with E-state index in [1.807, 2.05) is 13.8 Å². The van der Waals surface area contributed by atoms with Gasteiger partial charge in [-0.05, 0) is 24.0 Å². The van der Waals surface area contributed by atoms with Crippen molar-refractivity contribution in [1.82, 2.24) is 4.90 Å². The highest BCUT2D eigenvalue weighted by molar-refractivity contribution is 7.99. The molecule has 0 aromatic heterocycles. The van der Waals surface area contributed by atoms with Crippen molar-refractivity contribution in [3.63, 3.8) is 0 Å². The number of carbonyl (C=O) groups excluding carboxylic acids is 2. The Kier molecular flexibility index (Phi) is 3.60. The predicted molar refractivity (Wildman–Crippen MR) is 69.9 cm³/mol. The lowest BCUT2D eigenvalue weighted by molar-refractivity contribution is -0.154. The molecule has 18 heavy (non-hydrogen) atoms. The van der Waals surface area contributed by atoms with Crippen molar-refractivity contribution in [2.24, 2.45) is 11.1 Å². The average Bonchev–Trinajstić information content (AvgIpc) is 2.50. The van der Waals surface area contributed by atoms with E-state index in [0.29, 0.717) is 6.42 Å². The zero-order chi connectivity index (χ0) is 13.5. The van der Waals surface area contributed by atoms with Crippen LogP contribution in [0.3, 0.4) is 0 Å². The van der Waals surface area contributed by atoms with E-state index in [1.165, 1.54) is 7.11 Å². The quantitative estimate of drug-likeness (QED) is 0.707. The highest BCUT2D eigenvalue weighted by Gasteiger charge is 2.54. The molecule has 2 aliphatic heterocycles. The first-order valence-corrected chi connectivity index (χ1v) is 7.20. The maximum absolute atomic E-state index is 12.3. The van der Waals surface area contributed by atoms with Crippen LogP contribution < -0.4 is 5.73 Å². The summed E-state index contributed by atoms with van der Waals surface area (Å²) < 4.78 is 4.86. The monoisotopic (exact) mass is 272 g/mol. The summed E-state index contributed by atoms with van der Waals surface area (Å²) in [4.78, 5) is 26.0. The first-order chi connectivity index (χ1) is 8.38.